The predicted molar refractivity (Wildman–Crippen MR) is 67.5 cm³/mol. The lowest BCUT2D eigenvalue weighted by Crippen LogP contribution is -1.91. The van der Waals surface area contributed by atoms with Gasteiger partial charge in [0.25, 0.3) is 0 Å². The maximum absolute atomic E-state index is 4.41. The maximum Gasteiger partial charge on any atom is 0.149 e. The minimum absolute atomic E-state index is 0.841. The molecule has 0 aliphatic carbocycles. The Morgan fingerprint density at radius 3 is 2.53 bits per heavy atom. The lowest BCUT2D eigenvalue weighted by molar-refractivity contribution is 0.657. The maximum atomic E-state index is 4.41. The fraction of sp³-hybridized carbons (Fsp3) is 0.0833. The zero-order valence-corrected chi connectivity index (χ0v) is 10.1. The van der Waals surface area contributed by atoms with Crippen molar-refractivity contribution < 1.29 is 0 Å². The summed E-state index contributed by atoms with van der Waals surface area (Å²) in [6, 6.07) is 10.0. The quantitative estimate of drug-likeness (QED) is 0.693. The number of nitrogens with zero attached hydrogens (tertiary/aromatic N) is 4. The van der Waals surface area contributed by atoms with E-state index in [1.54, 1.807) is 22.3 Å². The molecule has 3 aromatic rings. The molecule has 0 spiro atoms. The topological polar surface area (TPSA) is 43.6 Å². The molecule has 84 valence electrons. The summed E-state index contributed by atoms with van der Waals surface area (Å²) in [5.41, 5.74) is 2.78. The van der Waals surface area contributed by atoms with E-state index >= 15 is 0 Å². The van der Waals surface area contributed by atoms with Gasteiger partial charge in [-0.2, -0.15) is 15.0 Å². The van der Waals surface area contributed by atoms with E-state index in [9.17, 15) is 0 Å². The summed E-state index contributed by atoms with van der Waals surface area (Å²) in [6.07, 6.45) is 1.78. The van der Waals surface area contributed by atoms with E-state index in [0.29, 0.717) is 0 Å². The van der Waals surface area contributed by atoms with E-state index in [0.717, 1.165) is 22.0 Å². The van der Waals surface area contributed by atoms with Crippen LogP contribution in [0.25, 0.3) is 22.0 Å². The van der Waals surface area contributed by atoms with Crippen LogP contribution in [0.15, 0.2) is 41.9 Å². The monoisotopic (exact) mass is 242 g/mol. The van der Waals surface area contributed by atoms with Crippen LogP contribution in [-0.4, -0.2) is 20.0 Å². The number of thiazole rings is 1. The van der Waals surface area contributed by atoms with Gasteiger partial charge in [0.15, 0.2) is 0 Å². The van der Waals surface area contributed by atoms with Crippen LogP contribution in [0.5, 0.6) is 0 Å². The highest BCUT2D eigenvalue weighted by molar-refractivity contribution is 7.13. The van der Waals surface area contributed by atoms with Gasteiger partial charge in [-0.15, -0.1) is 11.3 Å². The number of hydrogen-bond donors (Lipinski definition) is 0. The Labute approximate surface area is 103 Å². The van der Waals surface area contributed by atoms with Crippen LogP contribution in [0.4, 0.5) is 0 Å². The van der Waals surface area contributed by atoms with Crippen molar-refractivity contribution in [3.8, 4) is 22.0 Å². The lowest BCUT2D eigenvalue weighted by Gasteiger charge is -1.96. The second kappa shape index (κ2) is 4.10. The van der Waals surface area contributed by atoms with Crippen molar-refractivity contribution in [2.45, 2.75) is 0 Å². The Hall–Kier alpha value is -2.01. The van der Waals surface area contributed by atoms with Crippen molar-refractivity contribution in [1.82, 2.24) is 20.0 Å². The highest BCUT2D eigenvalue weighted by Crippen LogP contribution is 2.29. The molecule has 0 saturated heterocycles. The zero-order valence-electron chi connectivity index (χ0n) is 9.24. The van der Waals surface area contributed by atoms with Gasteiger partial charge in [-0.25, -0.2) is 4.98 Å². The Morgan fingerprint density at radius 1 is 1.06 bits per heavy atom. The summed E-state index contributed by atoms with van der Waals surface area (Å²) >= 11 is 1.57. The lowest BCUT2D eigenvalue weighted by atomic mass is 10.1. The van der Waals surface area contributed by atoms with Crippen molar-refractivity contribution in [1.29, 1.82) is 0 Å². The largest absolute Gasteiger partial charge is 0.243 e. The van der Waals surface area contributed by atoms with Gasteiger partial charge in [0, 0.05) is 24.2 Å². The van der Waals surface area contributed by atoms with E-state index in [2.05, 4.69) is 15.2 Å². The fourth-order valence-electron chi connectivity index (χ4n) is 1.68. The number of aromatic nitrogens is 4. The number of hydrogen-bond acceptors (Lipinski definition) is 4. The normalized spacial score (nSPS) is 10.6. The van der Waals surface area contributed by atoms with E-state index in [1.807, 2.05) is 42.8 Å². The Balaban J connectivity index is 2.18. The van der Waals surface area contributed by atoms with Gasteiger partial charge >= 0.3 is 0 Å². The molecule has 0 saturated carbocycles. The summed E-state index contributed by atoms with van der Waals surface area (Å²) in [5, 5.41) is 11.6. The van der Waals surface area contributed by atoms with Gasteiger partial charge in [-0.1, -0.05) is 30.3 Å². The smallest absolute Gasteiger partial charge is 0.149 e. The molecule has 0 amide bonds. The summed E-state index contributed by atoms with van der Waals surface area (Å²) < 4.78 is 0. The number of rotatable bonds is 2. The molecule has 2 aromatic heterocycles. The van der Waals surface area contributed by atoms with Crippen molar-refractivity contribution >= 4 is 11.3 Å². The first-order valence-corrected chi connectivity index (χ1v) is 6.09. The van der Waals surface area contributed by atoms with Gasteiger partial charge in [-0.05, 0) is 0 Å². The van der Waals surface area contributed by atoms with Crippen LogP contribution >= 0.6 is 11.3 Å². The number of benzene rings is 1. The van der Waals surface area contributed by atoms with Crippen LogP contribution in [-0.2, 0) is 7.05 Å². The summed E-state index contributed by atoms with van der Waals surface area (Å²) in [5.74, 6) is 0. The van der Waals surface area contributed by atoms with Gasteiger partial charge in [-0.3, -0.25) is 0 Å². The third-order valence-electron chi connectivity index (χ3n) is 2.40. The molecule has 3 rings (SSSR count). The standard InChI is InChI=1S/C12H10N4S/c1-16-14-10(9-5-3-2-4-6-9)11(15-16)12-13-7-8-17-12/h2-8H,1H3. The zero-order chi connectivity index (χ0) is 11.7. The molecule has 0 N–H and O–H groups in total. The minimum Gasteiger partial charge on any atom is -0.243 e. The molecule has 4 nitrogen and oxygen atoms in total. The molecule has 0 bridgehead atoms. The summed E-state index contributed by atoms with van der Waals surface area (Å²) in [4.78, 5) is 5.87. The molecular weight excluding hydrogens is 232 g/mol. The Kier molecular flexibility index (Phi) is 2.45. The van der Waals surface area contributed by atoms with Crippen LogP contribution in [0.1, 0.15) is 0 Å². The first-order valence-electron chi connectivity index (χ1n) is 5.21. The molecule has 0 radical (unpaired) electrons. The minimum atomic E-state index is 0.841. The molecule has 1 aromatic carbocycles. The van der Waals surface area contributed by atoms with E-state index in [4.69, 9.17) is 0 Å². The molecular formula is C12H10N4S. The number of aryl methyl sites for hydroxylation is 1. The van der Waals surface area contributed by atoms with Crippen molar-refractivity contribution in [2.24, 2.45) is 7.05 Å². The molecule has 0 unspecified atom stereocenters. The fourth-order valence-corrected chi connectivity index (χ4v) is 2.30. The van der Waals surface area contributed by atoms with Gasteiger partial charge < -0.3 is 0 Å². The Morgan fingerprint density at radius 2 is 1.82 bits per heavy atom. The van der Waals surface area contributed by atoms with Crippen LogP contribution in [0.3, 0.4) is 0 Å². The Bertz CT molecular complexity index is 613. The van der Waals surface area contributed by atoms with Gasteiger partial charge in [0.1, 0.15) is 16.4 Å². The SMILES string of the molecule is Cn1nc(-c2ccccc2)c(-c2nccs2)n1. The molecule has 0 aliphatic rings. The van der Waals surface area contributed by atoms with Crippen LogP contribution in [0.2, 0.25) is 0 Å². The molecule has 0 aliphatic heterocycles. The third kappa shape index (κ3) is 1.85. The molecule has 17 heavy (non-hydrogen) atoms. The van der Waals surface area contributed by atoms with Crippen molar-refractivity contribution in [3.05, 3.63) is 41.9 Å². The van der Waals surface area contributed by atoms with E-state index < -0.39 is 0 Å². The highest BCUT2D eigenvalue weighted by Gasteiger charge is 2.15. The van der Waals surface area contributed by atoms with E-state index in [-0.39, 0.29) is 0 Å². The average Bonchev–Trinajstić information content (AvgIpc) is 2.98. The second-order valence-electron chi connectivity index (χ2n) is 3.59. The van der Waals surface area contributed by atoms with Crippen LogP contribution in [0, 0.1) is 0 Å². The summed E-state index contributed by atoms with van der Waals surface area (Å²) in [7, 11) is 1.82. The van der Waals surface area contributed by atoms with E-state index in [1.165, 1.54) is 0 Å². The predicted octanol–water partition coefficient (Wildman–Crippen LogP) is 2.61. The molecule has 0 atom stereocenters. The van der Waals surface area contributed by atoms with Crippen molar-refractivity contribution in [2.75, 3.05) is 0 Å². The summed E-state index contributed by atoms with van der Waals surface area (Å²) in [6.45, 7) is 0. The first kappa shape index (κ1) is 10.2. The van der Waals surface area contributed by atoms with Gasteiger partial charge in [0.2, 0.25) is 0 Å². The van der Waals surface area contributed by atoms with Crippen molar-refractivity contribution in [3.63, 3.8) is 0 Å². The molecule has 2 heterocycles. The van der Waals surface area contributed by atoms with Gasteiger partial charge in [0.05, 0.1) is 0 Å². The molecule has 0 fully saturated rings. The second-order valence-corrected chi connectivity index (χ2v) is 4.48. The van der Waals surface area contributed by atoms with Crippen LogP contribution < -0.4 is 0 Å². The third-order valence-corrected chi connectivity index (χ3v) is 3.18. The average molecular weight is 242 g/mol. The first-order chi connectivity index (χ1) is 8.34. The highest BCUT2D eigenvalue weighted by atomic mass is 32.1. The molecule has 5 heteroatoms.